The number of oxime groups is 1. The number of rotatable bonds is 11. The highest BCUT2D eigenvalue weighted by Gasteiger charge is 2.22. The van der Waals surface area contributed by atoms with Gasteiger partial charge in [-0.2, -0.15) is 0 Å². The first-order valence-electron chi connectivity index (χ1n) is 10.2. The molecule has 9 nitrogen and oxygen atoms in total. The van der Waals surface area contributed by atoms with Crippen LogP contribution in [0.3, 0.4) is 0 Å². The van der Waals surface area contributed by atoms with Gasteiger partial charge in [0.1, 0.15) is 16.4 Å². The van der Waals surface area contributed by atoms with E-state index in [1.54, 1.807) is 39.0 Å². The number of nitrogens with zero attached hydrogens (tertiary/aromatic N) is 1. The fourth-order valence-corrected chi connectivity index (χ4v) is 5.48. The van der Waals surface area contributed by atoms with Crippen LogP contribution in [0.15, 0.2) is 49.3 Å². The third kappa shape index (κ3) is 7.69. The topological polar surface area (TPSA) is 113 Å². The molecule has 2 aromatic carbocycles. The van der Waals surface area contributed by atoms with Gasteiger partial charge in [0.2, 0.25) is 16.1 Å². The van der Waals surface area contributed by atoms with Gasteiger partial charge in [-0.1, -0.05) is 5.16 Å². The number of sulfonamides is 1. The molecular weight excluding hydrogens is 596 g/mol. The van der Waals surface area contributed by atoms with Gasteiger partial charge in [-0.05, 0) is 89.4 Å². The minimum absolute atomic E-state index is 0.0370. The lowest BCUT2D eigenvalue weighted by Crippen LogP contribution is -2.30. The summed E-state index contributed by atoms with van der Waals surface area (Å²) in [6.45, 7) is 6.96. The Labute approximate surface area is 216 Å². The molecule has 34 heavy (non-hydrogen) atoms. The van der Waals surface area contributed by atoms with Crippen molar-refractivity contribution in [2.45, 2.75) is 44.7 Å². The molecule has 0 aliphatic heterocycles. The Bertz CT molecular complexity index is 1130. The van der Waals surface area contributed by atoms with Gasteiger partial charge >= 0.3 is 5.97 Å². The van der Waals surface area contributed by atoms with Crippen LogP contribution in [-0.2, 0) is 24.4 Å². The number of hydrogen-bond acceptors (Lipinski definition) is 8. The third-order valence-electron chi connectivity index (χ3n) is 4.10. The van der Waals surface area contributed by atoms with Gasteiger partial charge in [0.25, 0.3) is 0 Å². The summed E-state index contributed by atoms with van der Waals surface area (Å²) in [5, 5.41) is 3.83. The lowest BCUT2D eigenvalue weighted by Gasteiger charge is -2.15. The van der Waals surface area contributed by atoms with Crippen molar-refractivity contribution in [2.75, 3.05) is 13.7 Å². The van der Waals surface area contributed by atoms with Crippen LogP contribution in [0.4, 0.5) is 0 Å². The zero-order valence-electron chi connectivity index (χ0n) is 19.3. The second kappa shape index (κ2) is 12.5. The van der Waals surface area contributed by atoms with E-state index < -0.39 is 22.1 Å². The van der Waals surface area contributed by atoms with Crippen LogP contribution in [-0.4, -0.2) is 46.5 Å². The smallest absolute Gasteiger partial charge is 0.349 e. The average Bonchev–Trinajstić information content (AvgIpc) is 2.75. The molecule has 2 aromatic rings. The van der Waals surface area contributed by atoms with Gasteiger partial charge < -0.3 is 19.0 Å². The minimum Gasteiger partial charge on any atom is -0.495 e. The molecule has 0 radical (unpaired) electrons. The average molecular weight is 622 g/mol. The molecule has 2 rings (SSSR count). The Balaban J connectivity index is 2.26. The maximum absolute atomic E-state index is 12.7. The number of halogens is 2. The summed E-state index contributed by atoms with van der Waals surface area (Å²) in [7, 11) is -2.42. The van der Waals surface area contributed by atoms with Gasteiger partial charge in [-0.3, -0.25) is 0 Å². The summed E-state index contributed by atoms with van der Waals surface area (Å²) in [5.74, 6) is 0.403. The van der Waals surface area contributed by atoms with Crippen LogP contribution in [0.1, 0.15) is 33.3 Å². The minimum atomic E-state index is -3.81. The van der Waals surface area contributed by atoms with Gasteiger partial charge in [-0.25, -0.2) is 17.9 Å². The number of ether oxygens (including phenoxy) is 3. The first kappa shape index (κ1) is 28.1. The Morgan fingerprint density at radius 2 is 1.79 bits per heavy atom. The lowest BCUT2D eigenvalue weighted by molar-refractivity contribution is -0.155. The highest BCUT2D eigenvalue weighted by atomic mass is 79.9. The van der Waals surface area contributed by atoms with Crippen molar-refractivity contribution in [3.05, 3.63) is 44.8 Å². The number of methoxy groups -OCH3 is 1. The van der Waals surface area contributed by atoms with Crippen LogP contribution in [0.25, 0.3) is 0 Å². The van der Waals surface area contributed by atoms with Crippen LogP contribution >= 0.6 is 31.9 Å². The zero-order valence-corrected chi connectivity index (χ0v) is 23.3. The van der Waals surface area contributed by atoms with Crippen molar-refractivity contribution in [1.29, 1.82) is 0 Å². The molecule has 0 heterocycles. The van der Waals surface area contributed by atoms with Crippen molar-refractivity contribution < 1.29 is 32.3 Å². The number of carbonyl (C=O) groups excluding carboxylic acids is 1. The standard InChI is InChI=1S/C22H26Br2N2O7S/c1-6-31-22(27)14(4)33-25-12-15-9-17(23)21(18(24)10-15)32-16-7-8-19(30-5)20(11-16)34(28,29)26-13(2)3/h7-14,26H,6H2,1-5H3. The Morgan fingerprint density at radius 1 is 1.15 bits per heavy atom. The van der Waals surface area contributed by atoms with Crippen LogP contribution in [0, 0.1) is 0 Å². The molecule has 0 saturated heterocycles. The SMILES string of the molecule is CCOC(=O)C(C)ON=Cc1cc(Br)c(Oc2ccc(OC)c(S(=O)(=O)NC(C)C)c2)c(Br)c1. The normalized spacial score (nSPS) is 12.6. The Hall–Kier alpha value is -2.15. The molecule has 0 aromatic heterocycles. The van der Waals surface area contributed by atoms with Crippen LogP contribution < -0.4 is 14.2 Å². The predicted molar refractivity (Wildman–Crippen MR) is 135 cm³/mol. The first-order chi connectivity index (χ1) is 16.0. The second-order valence-electron chi connectivity index (χ2n) is 7.24. The van der Waals surface area contributed by atoms with Gasteiger partial charge in [-0.15, -0.1) is 0 Å². The molecule has 1 N–H and O–H groups in total. The third-order valence-corrected chi connectivity index (χ3v) is 6.95. The molecular formula is C22H26Br2N2O7S. The fraction of sp³-hybridized carbons (Fsp3) is 0.364. The summed E-state index contributed by atoms with van der Waals surface area (Å²) in [6.07, 6.45) is 0.599. The van der Waals surface area contributed by atoms with Crippen molar-refractivity contribution in [3.63, 3.8) is 0 Å². The van der Waals surface area contributed by atoms with Gasteiger partial charge in [0.15, 0.2) is 5.75 Å². The first-order valence-corrected chi connectivity index (χ1v) is 13.3. The molecule has 0 aliphatic rings. The van der Waals surface area contributed by atoms with E-state index in [0.717, 1.165) is 0 Å². The van der Waals surface area contributed by atoms with E-state index >= 15 is 0 Å². The Morgan fingerprint density at radius 3 is 2.35 bits per heavy atom. The molecule has 0 bridgehead atoms. The largest absolute Gasteiger partial charge is 0.495 e. The fourth-order valence-electron chi connectivity index (χ4n) is 2.66. The van der Waals surface area contributed by atoms with E-state index in [1.807, 2.05) is 0 Å². The summed E-state index contributed by atoms with van der Waals surface area (Å²) in [4.78, 5) is 16.7. The molecule has 0 fully saturated rings. The van der Waals surface area contributed by atoms with Gasteiger partial charge in [0, 0.05) is 12.1 Å². The number of carbonyl (C=O) groups is 1. The van der Waals surface area contributed by atoms with Crippen molar-refractivity contribution >= 4 is 54.1 Å². The zero-order chi connectivity index (χ0) is 25.5. The molecule has 0 saturated carbocycles. The number of nitrogens with one attached hydrogen (secondary N) is 1. The summed E-state index contributed by atoms with van der Waals surface area (Å²) >= 11 is 6.90. The quantitative estimate of drug-likeness (QED) is 0.213. The molecule has 1 atom stereocenters. The molecule has 186 valence electrons. The molecule has 0 aliphatic carbocycles. The molecule has 1 unspecified atom stereocenters. The maximum Gasteiger partial charge on any atom is 0.349 e. The van der Waals surface area contributed by atoms with Crippen molar-refractivity contribution in [1.82, 2.24) is 4.72 Å². The number of hydrogen-bond donors (Lipinski definition) is 1. The van der Waals surface area contributed by atoms with Crippen LogP contribution in [0.2, 0.25) is 0 Å². The molecule has 0 spiro atoms. The monoisotopic (exact) mass is 620 g/mol. The van der Waals surface area contributed by atoms with E-state index in [4.69, 9.17) is 19.0 Å². The molecule has 12 heteroatoms. The number of esters is 1. The van der Waals surface area contributed by atoms with Crippen molar-refractivity contribution in [3.8, 4) is 17.2 Å². The van der Waals surface area contributed by atoms with Gasteiger partial charge in [0.05, 0.1) is 28.9 Å². The highest BCUT2D eigenvalue weighted by molar-refractivity contribution is 9.11. The van der Waals surface area contributed by atoms with E-state index in [9.17, 15) is 13.2 Å². The summed E-state index contributed by atoms with van der Waals surface area (Å²) in [5.41, 5.74) is 0.654. The summed E-state index contributed by atoms with van der Waals surface area (Å²) < 4.78 is 45.1. The second-order valence-corrected chi connectivity index (χ2v) is 10.6. The van der Waals surface area contributed by atoms with E-state index in [0.29, 0.717) is 26.0 Å². The highest BCUT2D eigenvalue weighted by Crippen LogP contribution is 2.39. The van der Waals surface area contributed by atoms with E-state index in [-0.39, 0.29) is 23.3 Å². The number of benzene rings is 2. The summed E-state index contributed by atoms with van der Waals surface area (Å²) in [6, 6.07) is 7.68. The van der Waals surface area contributed by atoms with Crippen LogP contribution in [0.5, 0.6) is 17.2 Å². The predicted octanol–water partition coefficient (Wildman–Crippen LogP) is 5.00. The molecule has 0 amide bonds. The van der Waals surface area contributed by atoms with E-state index in [1.165, 1.54) is 32.4 Å². The maximum atomic E-state index is 12.7. The van der Waals surface area contributed by atoms with Crippen molar-refractivity contribution in [2.24, 2.45) is 5.16 Å². The lowest BCUT2D eigenvalue weighted by atomic mass is 10.2. The Kier molecular flexibility index (Phi) is 10.3. The van der Waals surface area contributed by atoms with E-state index in [2.05, 4.69) is 41.7 Å².